The van der Waals surface area contributed by atoms with Gasteiger partial charge in [0.2, 0.25) is 0 Å². The highest BCUT2D eigenvalue weighted by molar-refractivity contribution is 5.74. The van der Waals surface area contributed by atoms with Crippen molar-refractivity contribution in [3.63, 3.8) is 0 Å². The van der Waals surface area contributed by atoms with Gasteiger partial charge >= 0.3 is 5.97 Å². The molecule has 3 rings (SSSR count). The molecule has 1 N–H and O–H groups in total. The summed E-state index contributed by atoms with van der Waals surface area (Å²) in [6.07, 6.45) is 0.571. The highest BCUT2D eigenvalue weighted by atomic mass is 16.4. The highest BCUT2D eigenvalue weighted by Gasteiger charge is 2.31. The van der Waals surface area contributed by atoms with Crippen LogP contribution in [-0.2, 0) is 24.3 Å². The summed E-state index contributed by atoms with van der Waals surface area (Å²) in [4.78, 5) is 15.8. The molecule has 2 aromatic rings. The summed E-state index contributed by atoms with van der Waals surface area (Å²) < 4.78 is 0. The largest absolute Gasteiger partial charge is 0.480 e. The Morgan fingerprint density at radius 3 is 2.39 bits per heavy atom. The van der Waals surface area contributed by atoms with Crippen LogP contribution >= 0.6 is 0 Å². The molecular formula is C19H22N2O2. The summed E-state index contributed by atoms with van der Waals surface area (Å²) >= 11 is 0. The maximum absolute atomic E-state index is 11.7. The lowest BCUT2D eigenvalue weighted by Crippen LogP contribution is -2.44. The topological polar surface area (TPSA) is 43.8 Å². The number of benzene rings is 2. The third kappa shape index (κ3) is 3.37. The Balaban J connectivity index is 1.81. The number of fused-ring (bicyclic) bond motifs is 1. The summed E-state index contributed by atoms with van der Waals surface area (Å²) in [6.45, 7) is 1.33. The molecule has 23 heavy (non-hydrogen) atoms. The fourth-order valence-electron chi connectivity index (χ4n) is 3.12. The van der Waals surface area contributed by atoms with Crippen molar-refractivity contribution in [2.24, 2.45) is 0 Å². The number of nitrogens with zero attached hydrogens (tertiary/aromatic N) is 2. The van der Waals surface area contributed by atoms with Crippen molar-refractivity contribution in [3.05, 3.63) is 65.2 Å². The standard InChI is InChI=1S/C19H22N2O2/c1-20(2)17-9-7-14(8-10-17)12-21-13-16-6-4-3-5-15(16)11-18(21)19(22)23/h3-10,18H,11-13H2,1-2H3,(H,22,23)/t18-/m0/s1. The van der Waals surface area contributed by atoms with Gasteiger partial charge in [-0.1, -0.05) is 36.4 Å². The molecule has 1 atom stereocenters. The van der Waals surface area contributed by atoms with E-state index in [4.69, 9.17) is 0 Å². The van der Waals surface area contributed by atoms with Crippen molar-refractivity contribution in [2.45, 2.75) is 25.6 Å². The second-order valence-corrected chi connectivity index (χ2v) is 6.29. The Bertz CT molecular complexity index is 695. The lowest BCUT2D eigenvalue weighted by molar-refractivity contribution is -0.144. The molecule has 0 fully saturated rings. The van der Waals surface area contributed by atoms with Gasteiger partial charge in [-0.05, 0) is 35.2 Å². The van der Waals surface area contributed by atoms with Crippen molar-refractivity contribution in [3.8, 4) is 0 Å². The van der Waals surface area contributed by atoms with Gasteiger partial charge in [0, 0.05) is 32.9 Å². The van der Waals surface area contributed by atoms with E-state index in [1.54, 1.807) is 0 Å². The van der Waals surface area contributed by atoms with E-state index in [2.05, 4.69) is 40.1 Å². The first-order valence-electron chi connectivity index (χ1n) is 7.84. The van der Waals surface area contributed by atoms with Gasteiger partial charge in [0.05, 0.1) is 0 Å². The Hall–Kier alpha value is -2.33. The molecule has 1 aliphatic heterocycles. The molecule has 1 aliphatic rings. The van der Waals surface area contributed by atoms with Crippen LogP contribution in [-0.4, -0.2) is 36.1 Å². The van der Waals surface area contributed by atoms with Crippen LogP contribution in [0.4, 0.5) is 5.69 Å². The number of carboxylic acids is 1. The summed E-state index contributed by atoms with van der Waals surface area (Å²) in [5.74, 6) is -0.746. The molecular weight excluding hydrogens is 288 g/mol. The molecule has 0 spiro atoms. The minimum Gasteiger partial charge on any atom is -0.480 e. The van der Waals surface area contributed by atoms with E-state index in [0.29, 0.717) is 19.5 Å². The summed E-state index contributed by atoms with van der Waals surface area (Å²) in [5, 5.41) is 9.58. The van der Waals surface area contributed by atoms with Gasteiger partial charge in [0.15, 0.2) is 0 Å². The first-order valence-corrected chi connectivity index (χ1v) is 7.84. The van der Waals surface area contributed by atoms with Gasteiger partial charge in [-0.25, -0.2) is 0 Å². The average Bonchev–Trinajstić information content (AvgIpc) is 2.54. The second-order valence-electron chi connectivity index (χ2n) is 6.29. The highest BCUT2D eigenvalue weighted by Crippen LogP contribution is 2.25. The van der Waals surface area contributed by atoms with Gasteiger partial charge in [0.1, 0.15) is 6.04 Å². The van der Waals surface area contributed by atoms with Crippen LogP contribution in [0.2, 0.25) is 0 Å². The average molecular weight is 310 g/mol. The zero-order valence-electron chi connectivity index (χ0n) is 13.6. The molecule has 0 saturated carbocycles. The first kappa shape index (κ1) is 15.6. The molecule has 0 aromatic heterocycles. The monoisotopic (exact) mass is 310 g/mol. The lowest BCUT2D eigenvalue weighted by Gasteiger charge is -2.34. The maximum atomic E-state index is 11.7. The third-order valence-corrected chi connectivity index (χ3v) is 4.47. The Labute approximate surface area is 137 Å². The van der Waals surface area contributed by atoms with E-state index in [1.165, 1.54) is 5.56 Å². The molecule has 2 aromatic carbocycles. The lowest BCUT2D eigenvalue weighted by atomic mass is 9.93. The summed E-state index contributed by atoms with van der Waals surface area (Å²) in [5.41, 5.74) is 4.67. The molecule has 4 heteroatoms. The maximum Gasteiger partial charge on any atom is 0.321 e. The minimum absolute atomic E-state index is 0.460. The molecule has 0 aliphatic carbocycles. The number of aliphatic carboxylic acids is 1. The van der Waals surface area contributed by atoms with Crippen molar-refractivity contribution in [2.75, 3.05) is 19.0 Å². The van der Waals surface area contributed by atoms with E-state index in [9.17, 15) is 9.90 Å². The summed E-state index contributed by atoms with van der Waals surface area (Å²) in [6, 6.07) is 16.0. The molecule has 0 radical (unpaired) electrons. The Morgan fingerprint density at radius 1 is 1.13 bits per heavy atom. The predicted molar refractivity (Wildman–Crippen MR) is 91.6 cm³/mol. The third-order valence-electron chi connectivity index (χ3n) is 4.47. The molecule has 0 bridgehead atoms. The van der Waals surface area contributed by atoms with Crippen LogP contribution in [0, 0.1) is 0 Å². The fourth-order valence-corrected chi connectivity index (χ4v) is 3.12. The number of hydrogen-bond donors (Lipinski definition) is 1. The van der Waals surface area contributed by atoms with Crippen molar-refractivity contribution >= 4 is 11.7 Å². The minimum atomic E-state index is -0.746. The zero-order chi connectivity index (χ0) is 16.4. The van der Waals surface area contributed by atoms with Gasteiger partial charge in [-0.3, -0.25) is 9.69 Å². The Kier molecular flexibility index (Phi) is 4.35. The van der Waals surface area contributed by atoms with Crippen LogP contribution in [0.5, 0.6) is 0 Å². The van der Waals surface area contributed by atoms with Gasteiger partial charge in [-0.15, -0.1) is 0 Å². The van der Waals surface area contributed by atoms with Gasteiger partial charge < -0.3 is 10.0 Å². The SMILES string of the molecule is CN(C)c1ccc(CN2Cc3ccccc3C[C@H]2C(=O)O)cc1. The number of hydrogen-bond acceptors (Lipinski definition) is 3. The normalized spacial score (nSPS) is 17.6. The quantitative estimate of drug-likeness (QED) is 0.943. The van der Waals surface area contributed by atoms with E-state index in [1.807, 2.05) is 32.3 Å². The zero-order valence-corrected chi connectivity index (χ0v) is 13.6. The number of anilines is 1. The summed E-state index contributed by atoms with van der Waals surface area (Å²) in [7, 11) is 4.02. The van der Waals surface area contributed by atoms with Crippen LogP contribution in [0.1, 0.15) is 16.7 Å². The van der Waals surface area contributed by atoms with Crippen molar-refractivity contribution in [1.82, 2.24) is 4.90 Å². The van der Waals surface area contributed by atoms with E-state index < -0.39 is 12.0 Å². The smallest absolute Gasteiger partial charge is 0.321 e. The number of rotatable bonds is 4. The number of carbonyl (C=O) groups is 1. The van der Waals surface area contributed by atoms with Crippen LogP contribution < -0.4 is 4.90 Å². The molecule has 120 valence electrons. The first-order chi connectivity index (χ1) is 11.0. The van der Waals surface area contributed by atoms with Crippen molar-refractivity contribution in [1.29, 1.82) is 0 Å². The van der Waals surface area contributed by atoms with E-state index in [0.717, 1.165) is 16.8 Å². The fraction of sp³-hybridized carbons (Fsp3) is 0.316. The molecule has 0 saturated heterocycles. The molecule has 1 heterocycles. The van der Waals surface area contributed by atoms with Crippen LogP contribution in [0.15, 0.2) is 48.5 Å². The van der Waals surface area contributed by atoms with Crippen LogP contribution in [0.3, 0.4) is 0 Å². The van der Waals surface area contributed by atoms with Gasteiger partial charge in [0.25, 0.3) is 0 Å². The molecule has 0 amide bonds. The second kappa shape index (κ2) is 6.42. The number of carboxylic acid groups (broad SMARTS) is 1. The Morgan fingerprint density at radius 2 is 1.78 bits per heavy atom. The van der Waals surface area contributed by atoms with E-state index in [-0.39, 0.29) is 0 Å². The van der Waals surface area contributed by atoms with E-state index >= 15 is 0 Å². The van der Waals surface area contributed by atoms with Crippen molar-refractivity contribution < 1.29 is 9.90 Å². The predicted octanol–water partition coefficient (Wildman–Crippen LogP) is 2.76. The van der Waals surface area contributed by atoms with Gasteiger partial charge in [-0.2, -0.15) is 0 Å². The van der Waals surface area contributed by atoms with Crippen LogP contribution in [0.25, 0.3) is 0 Å². The molecule has 4 nitrogen and oxygen atoms in total. The molecule has 0 unspecified atom stereocenters.